The second-order valence-corrected chi connectivity index (χ2v) is 20.7. The molecule has 4 nitrogen and oxygen atoms in total. The van der Waals surface area contributed by atoms with Crippen LogP contribution in [0.1, 0.15) is 0 Å². The van der Waals surface area contributed by atoms with Gasteiger partial charge in [-0.15, -0.1) is 34.0 Å². The minimum absolute atomic E-state index is 0.628. The molecule has 68 heavy (non-hydrogen) atoms. The molecule has 5 heterocycles. The first-order chi connectivity index (χ1) is 33.7. The molecule has 0 aliphatic carbocycles. The third kappa shape index (κ3) is 5.74. The summed E-state index contributed by atoms with van der Waals surface area (Å²) in [4.78, 5) is 16.4. The molecule has 15 aromatic rings. The van der Waals surface area contributed by atoms with E-state index in [4.69, 9.17) is 15.0 Å². The molecular weight excluding hydrogens is 885 g/mol. The van der Waals surface area contributed by atoms with E-state index in [0.29, 0.717) is 17.5 Å². The molecule has 7 heteroatoms. The highest BCUT2D eigenvalue weighted by Crippen LogP contribution is 2.45. The number of rotatable bonds is 5. The fourth-order valence-electron chi connectivity index (χ4n) is 10.5. The molecular formula is C61H34N4S3. The van der Waals surface area contributed by atoms with Crippen molar-refractivity contribution in [1.82, 2.24) is 19.5 Å². The Morgan fingerprint density at radius 2 is 0.882 bits per heavy atom. The Bertz CT molecular complexity index is 4590. The number of fused-ring (bicyclic) bond motifs is 13. The molecule has 0 saturated carbocycles. The number of para-hydroxylation sites is 1. The van der Waals surface area contributed by atoms with Crippen molar-refractivity contribution >= 4 is 127 Å². The van der Waals surface area contributed by atoms with Crippen molar-refractivity contribution in [2.45, 2.75) is 0 Å². The molecule has 0 amide bonds. The van der Waals surface area contributed by atoms with Crippen LogP contribution in [0, 0.1) is 0 Å². The van der Waals surface area contributed by atoms with E-state index in [1.807, 2.05) is 22.7 Å². The Labute approximate surface area is 401 Å². The fourth-order valence-corrected chi connectivity index (χ4v) is 14.0. The second-order valence-electron chi connectivity index (χ2n) is 17.5. The summed E-state index contributed by atoms with van der Waals surface area (Å²) in [6, 6.07) is 75.0. The van der Waals surface area contributed by atoms with Gasteiger partial charge in [0.1, 0.15) is 0 Å². The average molecular weight is 919 g/mol. The highest BCUT2D eigenvalue weighted by atomic mass is 32.1. The quantitative estimate of drug-likeness (QED) is 0.173. The standard InChI is InChI=1S/C61H34N4S3/c1-2-14-36-34-51-47(31-35(36)13-1)39-15-3-7-22-49(39)65(51)50-29-27-38(33-46(50)37-28-30-55-48(32-37)41-17-5-8-23-52(41)66-55)59-62-60(44-20-12-26-56-57(44)43-18-6-10-25-54(43)67-56)64-61(63-59)45-21-11-19-42-40-16-4-9-24-53(40)68-58(42)45/h1-34H. The van der Waals surface area contributed by atoms with Gasteiger partial charge in [-0.25, -0.2) is 15.0 Å². The first-order valence-corrected chi connectivity index (χ1v) is 25.2. The van der Waals surface area contributed by atoms with E-state index in [0.717, 1.165) is 39.0 Å². The van der Waals surface area contributed by atoms with E-state index in [9.17, 15) is 0 Å². The zero-order valence-corrected chi connectivity index (χ0v) is 38.6. The van der Waals surface area contributed by atoms with Crippen LogP contribution in [0.3, 0.4) is 0 Å². The highest BCUT2D eigenvalue weighted by molar-refractivity contribution is 7.26. The smallest absolute Gasteiger partial charge is 0.165 e. The fraction of sp³-hybridized carbons (Fsp3) is 0. The van der Waals surface area contributed by atoms with Gasteiger partial charge >= 0.3 is 0 Å². The minimum atomic E-state index is 0.628. The van der Waals surface area contributed by atoms with Crippen LogP contribution in [0.5, 0.6) is 0 Å². The first-order valence-electron chi connectivity index (χ1n) is 22.7. The molecule has 0 radical (unpaired) electrons. The maximum atomic E-state index is 5.48. The van der Waals surface area contributed by atoms with Gasteiger partial charge in [-0.3, -0.25) is 0 Å². The number of aromatic nitrogens is 4. The van der Waals surface area contributed by atoms with E-state index in [1.165, 1.54) is 87.6 Å². The zero-order chi connectivity index (χ0) is 44.5. The van der Waals surface area contributed by atoms with E-state index in [1.54, 1.807) is 11.3 Å². The summed E-state index contributed by atoms with van der Waals surface area (Å²) in [6.45, 7) is 0. The Kier molecular flexibility index (Phi) is 8.24. The van der Waals surface area contributed by atoms with Crippen molar-refractivity contribution in [2.75, 3.05) is 0 Å². The molecule has 5 aromatic heterocycles. The van der Waals surface area contributed by atoms with Crippen LogP contribution in [0.15, 0.2) is 206 Å². The number of thiophene rings is 3. The van der Waals surface area contributed by atoms with Crippen molar-refractivity contribution in [3.05, 3.63) is 206 Å². The molecule has 0 atom stereocenters. The summed E-state index contributed by atoms with van der Waals surface area (Å²) in [5.74, 6) is 1.94. The van der Waals surface area contributed by atoms with Crippen LogP contribution in [0.25, 0.3) is 144 Å². The lowest BCUT2D eigenvalue weighted by Crippen LogP contribution is -2.02. The largest absolute Gasteiger partial charge is 0.309 e. The van der Waals surface area contributed by atoms with Gasteiger partial charge in [-0.05, 0) is 95.2 Å². The zero-order valence-electron chi connectivity index (χ0n) is 36.1. The van der Waals surface area contributed by atoms with Crippen LogP contribution >= 0.6 is 34.0 Å². The molecule has 10 aromatic carbocycles. The Morgan fingerprint density at radius 3 is 1.72 bits per heavy atom. The highest BCUT2D eigenvalue weighted by Gasteiger charge is 2.22. The normalized spacial score (nSPS) is 12.1. The Morgan fingerprint density at radius 1 is 0.309 bits per heavy atom. The molecule has 0 fully saturated rings. The SMILES string of the molecule is c1ccc2cc3c(cc2c1)c1ccccc1n3-c1ccc(-c2nc(-c3cccc4c3sc3ccccc34)nc(-c3cccc4sc5ccccc5c34)n2)cc1-c1ccc2sc3ccccc3c2c1. The van der Waals surface area contributed by atoms with Crippen molar-refractivity contribution in [2.24, 2.45) is 0 Å². The van der Waals surface area contributed by atoms with Crippen LogP contribution < -0.4 is 0 Å². The average Bonchev–Trinajstić information content (AvgIpc) is 4.16. The summed E-state index contributed by atoms with van der Waals surface area (Å²) >= 11 is 5.45. The number of nitrogens with zero attached hydrogens (tertiary/aromatic N) is 4. The summed E-state index contributed by atoms with van der Waals surface area (Å²) in [7, 11) is 0. The monoisotopic (exact) mass is 918 g/mol. The van der Waals surface area contributed by atoms with Crippen molar-refractivity contribution in [1.29, 1.82) is 0 Å². The van der Waals surface area contributed by atoms with Crippen LogP contribution in [-0.2, 0) is 0 Å². The van der Waals surface area contributed by atoms with Gasteiger partial charge in [0, 0.05) is 93.5 Å². The topological polar surface area (TPSA) is 43.6 Å². The predicted octanol–water partition coefficient (Wildman–Crippen LogP) is 17.9. The van der Waals surface area contributed by atoms with Gasteiger partial charge in [-0.1, -0.05) is 127 Å². The van der Waals surface area contributed by atoms with Gasteiger partial charge in [0.25, 0.3) is 0 Å². The Balaban J connectivity index is 1.02. The molecule has 0 aliphatic heterocycles. The maximum absolute atomic E-state index is 5.48. The summed E-state index contributed by atoms with van der Waals surface area (Å²) in [5, 5.41) is 12.2. The maximum Gasteiger partial charge on any atom is 0.165 e. The summed E-state index contributed by atoms with van der Waals surface area (Å²) in [6.07, 6.45) is 0. The number of hydrogen-bond donors (Lipinski definition) is 0. The van der Waals surface area contributed by atoms with Crippen molar-refractivity contribution < 1.29 is 0 Å². The van der Waals surface area contributed by atoms with E-state index in [-0.39, 0.29) is 0 Å². The summed E-state index contributed by atoms with van der Waals surface area (Å²) in [5.41, 5.74) is 8.55. The molecule has 0 bridgehead atoms. The van der Waals surface area contributed by atoms with Crippen LogP contribution in [0.4, 0.5) is 0 Å². The molecule has 0 spiro atoms. The lowest BCUT2D eigenvalue weighted by Gasteiger charge is -2.17. The van der Waals surface area contributed by atoms with Gasteiger partial charge < -0.3 is 4.57 Å². The second kappa shape index (κ2) is 14.7. The van der Waals surface area contributed by atoms with Crippen molar-refractivity contribution in [3.63, 3.8) is 0 Å². The predicted molar refractivity (Wildman–Crippen MR) is 292 cm³/mol. The molecule has 0 unspecified atom stereocenters. The molecule has 316 valence electrons. The Hall–Kier alpha value is -8.07. The molecule has 0 aliphatic rings. The third-order valence-electron chi connectivity index (χ3n) is 13.6. The van der Waals surface area contributed by atoms with E-state index < -0.39 is 0 Å². The van der Waals surface area contributed by atoms with Gasteiger partial charge in [-0.2, -0.15) is 0 Å². The molecule has 15 rings (SSSR count). The number of hydrogen-bond acceptors (Lipinski definition) is 6. The van der Waals surface area contributed by atoms with E-state index in [2.05, 4.69) is 211 Å². The van der Waals surface area contributed by atoms with Crippen LogP contribution in [0.2, 0.25) is 0 Å². The van der Waals surface area contributed by atoms with Gasteiger partial charge in [0.15, 0.2) is 17.5 Å². The molecule has 0 N–H and O–H groups in total. The van der Waals surface area contributed by atoms with E-state index >= 15 is 0 Å². The lowest BCUT2D eigenvalue weighted by molar-refractivity contribution is 1.08. The first kappa shape index (κ1) is 38.1. The molecule has 0 saturated heterocycles. The lowest BCUT2D eigenvalue weighted by atomic mass is 9.98. The van der Waals surface area contributed by atoms with Crippen LogP contribution in [-0.4, -0.2) is 19.5 Å². The van der Waals surface area contributed by atoms with Crippen molar-refractivity contribution in [3.8, 4) is 51.0 Å². The van der Waals surface area contributed by atoms with Gasteiger partial charge in [0.05, 0.1) is 16.7 Å². The number of benzene rings is 10. The van der Waals surface area contributed by atoms with Gasteiger partial charge in [0.2, 0.25) is 0 Å². The third-order valence-corrected chi connectivity index (χ3v) is 17.2. The summed E-state index contributed by atoms with van der Waals surface area (Å²) < 4.78 is 9.88. The minimum Gasteiger partial charge on any atom is -0.309 e.